The fourth-order valence-corrected chi connectivity index (χ4v) is 3.34. The van der Waals surface area contributed by atoms with Crippen LogP contribution in [0.2, 0.25) is 0 Å². The lowest BCUT2D eigenvalue weighted by atomic mass is 10.0. The van der Waals surface area contributed by atoms with Crippen LogP contribution in [0.25, 0.3) is 22.2 Å². The van der Waals surface area contributed by atoms with E-state index >= 15 is 0 Å². The Bertz CT molecular complexity index is 1110. The van der Waals surface area contributed by atoms with Crippen LogP contribution >= 0.6 is 0 Å². The summed E-state index contributed by atoms with van der Waals surface area (Å²) in [4.78, 5) is 6.79. The highest BCUT2D eigenvalue weighted by Gasteiger charge is 2.16. The molecule has 5 rings (SSSR count). The maximum Gasteiger partial charge on any atom is 0.300 e. The molecule has 2 heterocycles. The summed E-state index contributed by atoms with van der Waals surface area (Å²) in [6, 6.07) is 22.7. The highest BCUT2D eigenvalue weighted by molar-refractivity contribution is 5.83. The Morgan fingerprint density at radius 2 is 1.78 bits per heavy atom. The molecule has 0 saturated heterocycles. The van der Waals surface area contributed by atoms with Crippen LogP contribution in [0.5, 0.6) is 5.75 Å². The molecule has 0 amide bonds. The quantitative estimate of drug-likeness (QED) is 0.555. The van der Waals surface area contributed by atoms with Crippen LogP contribution in [0.1, 0.15) is 0 Å². The van der Waals surface area contributed by atoms with Crippen molar-refractivity contribution in [3.05, 3.63) is 66.7 Å². The zero-order chi connectivity index (χ0) is 18.2. The molecule has 4 aromatic rings. The molecule has 1 N–H and O–H groups in total. The van der Waals surface area contributed by atoms with Crippen LogP contribution in [-0.4, -0.2) is 25.2 Å². The lowest BCUT2D eigenvalue weighted by molar-refractivity contribution is 0.311. The number of para-hydroxylation sites is 1. The molecule has 1 aromatic heterocycles. The summed E-state index contributed by atoms with van der Waals surface area (Å²) in [5.41, 5.74) is 5.84. The number of oxazole rings is 1. The third-order valence-electron chi connectivity index (χ3n) is 4.80. The van der Waals surface area contributed by atoms with Crippen molar-refractivity contribution in [1.82, 2.24) is 4.98 Å². The number of ether oxygens (including phenoxy) is 1. The van der Waals surface area contributed by atoms with Crippen molar-refractivity contribution in [1.29, 1.82) is 0 Å². The van der Waals surface area contributed by atoms with Gasteiger partial charge in [-0.1, -0.05) is 30.3 Å². The van der Waals surface area contributed by atoms with Gasteiger partial charge in [-0.05, 0) is 47.5 Å². The zero-order valence-electron chi connectivity index (χ0n) is 15.0. The maximum absolute atomic E-state index is 5.83. The SMILES string of the molecule is CN1CCOc2cc(-c3ccc4oc(Nc5ccccc5)nc4c3)ccc21. The van der Waals surface area contributed by atoms with E-state index < -0.39 is 0 Å². The summed E-state index contributed by atoms with van der Waals surface area (Å²) in [6.07, 6.45) is 0. The van der Waals surface area contributed by atoms with Gasteiger partial charge in [-0.15, -0.1) is 0 Å². The second-order valence-electron chi connectivity index (χ2n) is 6.65. The lowest BCUT2D eigenvalue weighted by Crippen LogP contribution is -2.28. The monoisotopic (exact) mass is 357 g/mol. The van der Waals surface area contributed by atoms with Gasteiger partial charge in [-0.3, -0.25) is 0 Å². The lowest BCUT2D eigenvalue weighted by Gasteiger charge is -2.28. The van der Waals surface area contributed by atoms with E-state index in [-0.39, 0.29) is 0 Å². The van der Waals surface area contributed by atoms with E-state index in [4.69, 9.17) is 9.15 Å². The van der Waals surface area contributed by atoms with E-state index in [0.717, 1.165) is 45.9 Å². The van der Waals surface area contributed by atoms with Gasteiger partial charge in [0.15, 0.2) is 5.58 Å². The molecule has 0 bridgehead atoms. The summed E-state index contributed by atoms with van der Waals surface area (Å²) >= 11 is 0. The summed E-state index contributed by atoms with van der Waals surface area (Å²) in [5, 5.41) is 3.20. The predicted molar refractivity (Wildman–Crippen MR) is 108 cm³/mol. The zero-order valence-corrected chi connectivity index (χ0v) is 15.0. The number of nitrogens with one attached hydrogen (secondary N) is 1. The largest absolute Gasteiger partial charge is 0.490 e. The Morgan fingerprint density at radius 1 is 0.963 bits per heavy atom. The second-order valence-corrected chi connectivity index (χ2v) is 6.65. The molecule has 0 unspecified atom stereocenters. The average molecular weight is 357 g/mol. The molecule has 0 radical (unpaired) electrons. The number of likely N-dealkylation sites (N-methyl/N-ethyl adjacent to an activating group) is 1. The first-order valence-electron chi connectivity index (χ1n) is 8.97. The standard InChI is InChI=1S/C22H19N3O2/c1-25-11-12-26-21-14-16(7-9-19(21)25)15-8-10-20-18(13-15)24-22(27-20)23-17-5-3-2-4-6-17/h2-10,13-14H,11-12H2,1H3,(H,23,24). The smallest absolute Gasteiger partial charge is 0.300 e. The molecule has 1 aliphatic rings. The topological polar surface area (TPSA) is 50.5 Å². The molecule has 0 spiro atoms. The van der Waals surface area contributed by atoms with Crippen molar-refractivity contribution in [2.45, 2.75) is 0 Å². The molecular weight excluding hydrogens is 338 g/mol. The summed E-state index contributed by atoms with van der Waals surface area (Å²) in [6.45, 7) is 1.62. The first kappa shape index (κ1) is 15.8. The normalized spacial score (nSPS) is 13.3. The molecule has 1 aliphatic heterocycles. The number of rotatable bonds is 3. The van der Waals surface area contributed by atoms with E-state index in [1.165, 1.54) is 0 Å². The minimum atomic E-state index is 0.490. The Kier molecular flexibility index (Phi) is 3.71. The van der Waals surface area contributed by atoms with Crippen molar-refractivity contribution >= 4 is 28.5 Å². The molecule has 5 heteroatoms. The van der Waals surface area contributed by atoms with E-state index in [0.29, 0.717) is 12.6 Å². The minimum Gasteiger partial charge on any atom is -0.490 e. The Labute approximate surface area is 157 Å². The van der Waals surface area contributed by atoms with Crippen LogP contribution in [0, 0.1) is 0 Å². The van der Waals surface area contributed by atoms with Gasteiger partial charge in [-0.2, -0.15) is 4.98 Å². The predicted octanol–water partition coefficient (Wildman–Crippen LogP) is 5.07. The molecule has 0 atom stereocenters. The van der Waals surface area contributed by atoms with Crippen LogP contribution in [0.4, 0.5) is 17.4 Å². The Morgan fingerprint density at radius 3 is 2.67 bits per heavy atom. The minimum absolute atomic E-state index is 0.490. The van der Waals surface area contributed by atoms with E-state index in [2.05, 4.69) is 40.4 Å². The Balaban J connectivity index is 1.48. The second kappa shape index (κ2) is 6.36. The van der Waals surface area contributed by atoms with Gasteiger partial charge in [0.1, 0.15) is 17.9 Å². The number of anilines is 3. The van der Waals surface area contributed by atoms with Gasteiger partial charge in [0.2, 0.25) is 0 Å². The number of hydrogen-bond acceptors (Lipinski definition) is 5. The molecule has 0 saturated carbocycles. The van der Waals surface area contributed by atoms with Gasteiger partial charge in [0.05, 0.1) is 12.2 Å². The van der Waals surface area contributed by atoms with Gasteiger partial charge in [0.25, 0.3) is 6.01 Å². The van der Waals surface area contributed by atoms with Crippen LogP contribution < -0.4 is 15.0 Å². The summed E-state index contributed by atoms with van der Waals surface area (Å²) < 4.78 is 11.6. The fraction of sp³-hybridized carbons (Fsp3) is 0.136. The first-order valence-corrected chi connectivity index (χ1v) is 8.97. The number of nitrogens with zero attached hydrogens (tertiary/aromatic N) is 2. The average Bonchev–Trinajstić information content (AvgIpc) is 3.10. The van der Waals surface area contributed by atoms with Crippen LogP contribution in [0.3, 0.4) is 0 Å². The molecular formula is C22H19N3O2. The molecule has 5 nitrogen and oxygen atoms in total. The molecule has 134 valence electrons. The van der Waals surface area contributed by atoms with Gasteiger partial charge < -0.3 is 19.4 Å². The summed E-state index contributed by atoms with van der Waals surface area (Å²) in [5.74, 6) is 0.924. The van der Waals surface area contributed by atoms with Crippen LogP contribution in [-0.2, 0) is 0 Å². The number of hydrogen-bond donors (Lipinski definition) is 1. The number of aromatic nitrogens is 1. The van der Waals surface area contributed by atoms with E-state index in [1.807, 2.05) is 48.5 Å². The third kappa shape index (κ3) is 2.97. The number of benzene rings is 3. The van der Waals surface area contributed by atoms with E-state index in [9.17, 15) is 0 Å². The molecule has 0 aliphatic carbocycles. The van der Waals surface area contributed by atoms with Gasteiger partial charge >= 0.3 is 0 Å². The fourth-order valence-electron chi connectivity index (χ4n) is 3.34. The Hall–Kier alpha value is -3.47. The highest BCUT2D eigenvalue weighted by atomic mass is 16.5. The van der Waals surface area contributed by atoms with Gasteiger partial charge in [-0.25, -0.2) is 0 Å². The molecule has 0 fully saturated rings. The van der Waals surface area contributed by atoms with Crippen molar-refractivity contribution in [3.63, 3.8) is 0 Å². The third-order valence-corrected chi connectivity index (χ3v) is 4.80. The first-order chi connectivity index (χ1) is 13.3. The van der Waals surface area contributed by atoms with Crippen molar-refractivity contribution in [2.24, 2.45) is 0 Å². The molecule has 27 heavy (non-hydrogen) atoms. The van der Waals surface area contributed by atoms with Crippen molar-refractivity contribution in [3.8, 4) is 16.9 Å². The van der Waals surface area contributed by atoms with Crippen molar-refractivity contribution < 1.29 is 9.15 Å². The van der Waals surface area contributed by atoms with Crippen molar-refractivity contribution in [2.75, 3.05) is 30.4 Å². The maximum atomic E-state index is 5.83. The highest BCUT2D eigenvalue weighted by Crippen LogP contribution is 2.36. The molecule has 3 aromatic carbocycles. The van der Waals surface area contributed by atoms with Crippen LogP contribution in [0.15, 0.2) is 71.1 Å². The summed E-state index contributed by atoms with van der Waals surface area (Å²) in [7, 11) is 2.09. The van der Waals surface area contributed by atoms with Gasteiger partial charge in [0, 0.05) is 12.7 Å². The van der Waals surface area contributed by atoms with E-state index in [1.54, 1.807) is 0 Å². The number of fused-ring (bicyclic) bond motifs is 2.